The van der Waals surface area contributed by atoms with E-state index in [1.54, 1.807) is 93.8 Å². The van der Waals surface area contributed by atoms with Crippen LogP contribution in [0.3, 0.4) is 0 Å². The molecule has 23 nitrogen and oxygen atoms in total. The molecule has 0 heterocycles. The van der Waals surface area contributed by atoms with Gasteiger partial charge in [0.05, 0.1) is 97.4 Å². The third-order valence-electron chi connectivity index (χ3n) is 15.8. The maximum absolute atomic E-state index is 13.2. The third kappa shape index (κ3) is 17.0. The van der Waals surface area contributed by atoms with Gasteiger partial charge in [-0.1, -0.05) is 25.6 Å². The summed E-state index contributed by atoms with van der Waals surface area (Å²) in [6.45, 7) is 7.94. The Labute approximate surface area is 577 Å². The van der Waals surface area contributed by atoms with Crippen molar-refractivity contribution in [1.29, 1.82) is 0 Å². The number of nitrogens with two attached hydrogens (primary N) is 1. The predicted octanol–water partition coefficient (Wildman–Crippen LogP) is 6.70. The van der Waals surface area contributed by atoms with E-state index in [1.165, 1.54) is 68.6 Å². The van der Waals surface area contributed by atoms with E-state index in [1.807, 2.05) is 30.3 Å². The number of imide groups is 1. The Morgan fingerprint density at radius 1 is 0.463 bits per heavy atom. The zero-order chi connectivity index (χ0) is 68.8. The first kappa shape index (κ1) is 78.7. The molecule has 0 bridgehead atoms. The van der Waals surface area contributed by atoms with E-state index >= 15 is 0 Å². The summed E-state index contributed by atoms with van der Waals surface area (Å²) in [6.07, 6.45) is 2.70. The first-order valence-electron chi connectivity index (χ1n) is 29.6. The van der Waals surface area contributed by atoms with Crippen molar-refractivity contribution in [1.82, 2.24) is 10.2 Å². The molecule has 3 atom stereocenters. The van der Waals surface area contributed by atoms with E-state index in [2.05, 4.69) is 5.32 Å². The Morgan fingerprint density at radius 3 is 1.13 bits per heavy atom. The molecule has 0 aromatic heterocycles. The van der Waals surface area contributed by atoms with Crippen molar-refractivity contribution in [3.63, 3.8) is 0 Å². The minimum Gasteiger partial charge on any atom is -0.857 e. The summed E-state index contributed by atoms with van der Waals surface area (Å²) < 4.78 is 71.6. The maximum Gasteiger partial charge on any atom is 1.00 e. The van der Waals surface area contributed by atoms with Gasteiger partial charge >= 0.3 is 35.7 Å². The summed E-state index contributed by atoms with van der Waals surface area (Å²) in [4.78, 5) is 77.1. The molecule has 9 rings (SSSR count). The zero-order valence-corrected chi connectivity index (χ0v) is 59.1. The van der Waals surface area contributed by atoms with E-state index in [0.29, 0.717) is 106 Å². The average Bonchev–Trinajstić information content (AvgIpc) is 1.72. The third-order valence-corrected chi connectivity index (χ3v) is 15.8. The van der Waals surface area contributed by atoms with Crippen LogP contribution < -0.4 is 119 Å². The Hall–Kier alpha value is -8.74. The summed E-state index contributed by atoms with van der Waals surface area (Å²) in [5, 5.41) is 11.2. The second kappa shape index (κ2) is 35.1. The number of carbonyl (C=O) groups is 3. The summed E-state index contributed by atoms with van der Waals surface area (Å²) in [6, 6.07) is 19.1. The van der Waals surface area contributed by atoms with Gasteiger partial charge in [-0.15, -0.1) is 0 Å². The Kier molecular flexibility index (Phi) is 29.1. The van der Waals surface area contributed by atoms with Crippen molar-refractivity contribution in [2.45, 2.75) is 104 Å². The molecule has 0 fully saturated rings. The molecule has 0 saturated heterocycles. The van der Waals surface area contributed by atoms with Gasteiger partial charge in [0.15, 0.2) is 51.7 Å². The topological polar surface area (TPSA) is 287 Å². The fourth-order valence-electron chi connectivity index (χ4n) is 11.9. The molecule has 0 spiro atoms. The van der Waals surface area contributed by atoms with Gasteiger partial charge in [0, 0.05) is 36.6 Å². The van der Waals surface area contributed by atoms with Gasteiger partial charge in [-0.05, 0) is 164 Å². The first-order chi connectivity index (χ1) is 44.5. The van der Waals surface area contributed by atoms with Crippen molar-refractivity contribution >= 4 is 17.9 Å². The van der Waals surface area contributed by atoms with Crippen LogP contribution in [0.2, 0.25) is 0 Å². The van der Waals surface area contributed by atoms with Crippen LogP contribution in [-0.4, -0.2) is 121 Å². The number of rotatable bonds is 14. The molecule has 6 aromatic rings. The largest absolute Gasteiger partial charge is 1.00 e. The van der Waals surface area contributed by atoms with Crippen LogP contribution in [0.5, 0.6) is 69.0 Å². The van der Waals surface area contributed by atoms with Gasteiger partial charge < -0.3 is 77.7 Å². The number of aryl methyl sites for hydroxylation is 3. The number of nitrogens with one attached hydrogen (secondary N) is 1. The number of ether oxygens (including phenoxy) is 13. The van der Waals surface area contributed by atoms with Gasteiger partial charge in [-0.3, -0.25) is 24.0 Å². The molecule has 24 heteroatoms. The molecule has 6 aromatic carbocycles. The molecule has 0 aliphatic heterocycles. The Balaban J connectivity index is 0.000000300. The molecule has 95 heavy (non-hydrogen) atoms. The van der Waals surface area contributed by atoms with Crippen molar-refractivity contribution in [2.24, 2.45) is 5.73 Å². The van der Waals surface area contributed by atoms with Crippen molar-refractivity contribution < 1.29 is 111 Å². The number of hydrogen-bond acceptors (Lipinski definition) is 21. The summed E-state index contributed by atoms with van der Waals surface area (Å²) in [5.74, 6) is 4.45. The number of fused-ring (bicyclic) bond motifs is 9. The van der Waals surface area contributed by atoms with Gasteiger partial charge in [0.2, 0.25) is 45.3 Å². The number of nitrogens with zero attached hydrogens (tertiary/aromatic N) is 1. The molecule has 3 aliphatic carbocycles. The second-order valence-electron chi connectivity index (χ2n) is 22.2. The number of amides is 3. The summed E-state index contributed by atoms with van der Waals surface area (Å²) >= 11 is 0. The minimum atomic E-state index is -0.820. The quantitative estimate of drug-likeness (QED) is 0.107. The fourth-order valence-corrected chi connectivity index (χ4v) is 11.9. The molecule has 0 radical (unpaired) electrons. The van der Waals surface area contributed by atoms with Gasteiger partial charge in [0.25, 0.3) is 0 Å². The number of methoxy groups -OCH3 is 12. The predicted molar refractivity (Wildman–Crippen MR) is 356 cm³/mol. The van der Waals surface area contributed by atoms with Crippen LogP contribution in [0.1, 0.15) is 113 Å². The summed E-state index contributed by atoms with van der Waals surface area (Å²) in [5.41, 5.74) is 14.1. The van der Waals surface area contributed by atoms with Crippen molar-refractivity contribution in [3.05, 3.63) is 137 Å². The van der Waals surface area contributed by atoms with Crippen LogP contribution in [0.15, 0.2) is 87.2 Å². The van der Waals surface area contributed by atoms with Crippen LogP contribution in [0, 0.1) is 0 Å². The second-order valence-corrected chi connectivity index (χ2v) is 22.2. The number of carbonyl (C=O) groups excluding carboxylic acids is 3. The monoisotopic (exact) mass is 1330 g/mol. The first-order valence-corrected chi connectivity index (χ1v) is 29.6. The number of hydrogen-bond donors (Lipinski definition) is 2. The van der Waals surface area contributed by atoms with E-state index < -0.39 is 23.6 Å². The average molecular weight is 1330 g/mol. The fraction of sp³-hybridized carbons (Fsp3) is 0.408. The molecule has 508 valence electrons. The SMILES string of the molecule is C.COc1cc2c(c(OC)c1OC)-c1ccc(OC)c(=O)cc1[C@@H](N(C(C)=O)C(=O)OC(C)(C)C)CC2.COc1cc2c(c(OC)c1OC)-c1ccc(OC)c(=O)cc1[C@@H](N)CC2.COc1cc2c(c(OC)c1OC)-c1ccc(OC)c(=O)cc1[C@@H](NC(C)=O)CC2.C[O-].[Na+]. The van der Waals surface area contributed by atoms with Crippen molar-refractivity contribution in [2.75, 3.05) is 92.4 Å². The van der Waals surface area contributed by atoms with Crippen molar-refractivity contribution in [3.8, 4) is 102 Å². The molecular formula is C71H88N3NaO20. The van der Waals surface area contributed by atoms with Gasteiger partial charge in [-0.2, -0.15) is 7.11 Å². The van der Waals surface area contributed by atoms with Crippen LogP contribution in [0.4, 0.5) is 4.79 Å². The summed E-state index contributed by atoms with van der Waals surface area (Å²) in [7, 11) is 19.1. The van der Waals surface area contributed by atoms with E-state index in [0.717, 1.165) is 62.9 Å². The molecule has 0 saturated carbocycles. The minimum absolute atomic E-state index is 0. The van der Waals surface area contributed by atoms with Crippen LogP contribution >= 0.6 is 0 Å². The smallest absolute Gasteiger partial charge is 0.857 e. The van der Waals surface area contributed by atoms with E-state index in [-0.39, 0.29) is 88.5 Å². The number of benzene rings is 3. The molecule has 0 unspecified atom stereocenters. The van der Waals surface area contributed by atoms with E-state index in [9.17, 15) is 28.8 Å². The van der Waals surface area contributed by atoms with E-state index in [4.69, 9.17) is 72.4 Å². The molecule has 3 amide bonds. The van der Waals surface area contributed by atoms with Gasteiger partial charge in [-0.25, -0.2) is 9.69 Å². The zero-order valence-electron chi connectivity index (χ0n) is 57.1. The van der Waals surface area contributed by atoms with Gasteiger partial charge in [0.1, 0.15) is 5.60 Å². The Bertz CT molecular complexity index is 3930. The maximum atomic E-state index is 13.2. The molecular weight excluding hydrogens is 1240 g/mol. The normalized spacial score (nSPS) is 14.3. The molecule has 3 aliphatic rings. The van der Waals surface area contributed by atoms with Crippen LogP contribution in [-0.2, 0) is 33.6 Å². The Morgan fingerprint density at radius 2 is 0.789 bits per heavy atom. The standard InChI is InChI=1S/C27H33NO8.C22H25NO6.C20H23NO5.CH3O.CH4.Na/c1-15(29)28(26(31)36-27(2,3)4)19-11-9-16-13-22(33-6)24(34-7)25(35-8)23(16)17-10-12-21(32-5)20(30)14-18(17)19;1-12(24)23-16-8-6-13-10-19(27-3)21(28-4)22(29-5)20(13)14-7-9-18(26-2)17(25)11-15(14)16;1-23-16-8-6-12-13(10-15(16)22)14(21)7-5-11-9-17(24-2)19(25-3)20(26-4)18(11)12;1-2;;/h10,12-14,19H,9,11H2,1-8H3;7,9-11,16H,6,8H2,1-5H3,(H,23,24);6,8-10,14H,5,7,21H2,1-4H3;1H3;1H4;/q;;;-1;;+1/t19-;16-;14-;;;/m000.../s1. The molecule has 3 N–H and O–H groups in total. The van der Waals surface area contributed by atoms with Crippen LogP contribution in [0.25, 0.3) is 33.4 Å².